The van der Waals surface area contributed by atoms with E-state index in [1.54, 1.807) is 0 Å². The van der Waals surface area contributed by atoms with Crippen LogP contribution in [-0.4, -0.2) is 55.3 Å². The molecule has 0 heterocycles. The number of aliphatic carboxylic acids is 1. The number of halogens is 1. The van der Waals surface area contributed by atoms with Gasteiger partial charge in [-0.2, -0.15) is 0 Å². The summed E-state index contributed by atoms with van der Waals surface area (Å²) in [6.07, 6.45) is 2.77. The molecule has 0 aromatic heterocycles. The third-order valence-corrected chi connectivity index (χ3v) is 3.04. The summed E-state index contributed by atoms with van der Waals surface area (Å²) in [6.45, 7) is 4.58. The van der Waals surface area contributed by atoms with E-state index in [2.05, 4.69) is 0 Å². The smallest absolute Gasteiger partial charge is 0.309 e. The molecule has 0 unspecified atom stereocenters. The number of esters is 1. The molecule has 126 valence electrons. The minimum atomic E-state index is -0.932. The molecule has 1 N–H and O–H groups in total. The third kappa shape index (κ3) is 11.5. The fourth-order valence-corrected chi connectivity index (χ4v) is 2.29. The number of hydrogen-bond acceptors (Lipinski definition) is 3. The first-order valence-electron chi connectivity index (χ1n) is 7.42. The summed E-state index contributed by atoms with van der Waals surface area (Å²) in [6, 6.07) is 0. The predicted molar refractivity (Wildman–Crippen MR) is 78.3 cm³/mol. The van der Waals surface area contributed by atoms with Crippen LogP contribution < -0.4 is 12.4 Å². The molecule has 0 aliphatic heterocycles. The Balaban J connectivity index is 0. The second-order valence-corrected chi connectivity index (χ2v) is 6.40. The molecule has 0 fully saturated rings. The minimum Gasteiger partial charge on any atom is -1.00 e. The first kappa shape index (κ1) is 22.5. The molecule has 0 radical (unpaired) electrons. The standard InChI is InChI=1S/C15H29NO4.ClH/c1-6-8-12(9-7-2)15(19)20-13(10-14(17)18)11-16(3,4)5;/h12-13H,6-11H2,1-5H3;1H/t13-;/m1./s1. The van der Waals surface area contributed by atoms with Gasteiger partial charge in [-0.1, -0.05) is 26.7 Å². The van der Waals surface area contributed by atoms with E-state index >= 15 is 0 Å². The summed E-state index contributed by atoms with van der Waals surface area (Å²) in [4.78, 5) is 23.1. The number of ether oxygens (including phenoxy) is 1. The lowest BCUT2D eigenvalue weighted by molar-refractivity contribution is -0.873. The van der Waals surface area contributed by atoms with Gasteiger partial charge in [0.1, 0.15) is 6.54 Å². The van der Waals surface area contributed by atoms with Crippen molar-refractivity contribution in [2.75, 3.05) is 27.7 Å². The van der Waals surface area contributed by atoms with Gasteiger partial charge >= 0.3 is 11.9 Å². The van der Waals surface area contributed by atoms with E-state index in [0.717, 1.165) is 25.7 Å². The second-order valence-electron chi connectivity index (χ2n) is 6.40. The van der Waals surface area contributed by atoms with Gasteiger partial charge in [-0.05, 0) is 12.8 Å². The summed E-state index contributed by atoms with van der Waals surface area (Å²) in [5.41, 5.74) is 0. The van der Waals surface area contributed by atoms with Crippen LogP contribution in [0.1, 0.15) is 46.0 Å². The van der Waals surface area contributed by atoms with E-state index < -0.39 is 12.1 Å². The van der Waals surface area contributed by atoms with E-state index in [1.165, 1.54) is 0 Å². The molecule has 0 aliphatic carbocycles. The van der Waals surface area contributed by atoms with Crippen molar-refractivity contribution in [3.05, 3.63) is 0 Å². The van der Waals surface area contributed by atoms with E-state index in [9.17, 15) is 9.59 Å². The Kier molecular flexibility index (Phi) is 11.6. The molecule has 21 heavy (non-hydrogen) atoms. The van der Waals surface area contributed by atoms with Crippen LogP contribution in [0.5, 0.6) is 0 Å². The number of hydrogen-bond donors (Lipinski definition) is 1. The van der Waals surface area contributed by atoms with E-state index in [-0.39, 0.29) is 30.7 Å². The molecule has 0 spiro atoms. The van der Waals surface area contributed by atoms with Crippen molar-refractivity contribution in [1.82, 2.24) is 0 Å². The van der Waals surface area contributed by atoms with Crippen LogP contribution in [0.25, 0.3) is 0 Å². The van der Waals surface area contributed by atoms with Crippen LogP contribution in [0.15, 0.2) is 0 Å². The van der Waals surface area contributed by atoms with E-state index in [0.29, 0.717) is 11.0 Å². The Bertz CT molecular complexity index is 309. The Labute approximate surface area is 134 Å². The number of carbonyl (C=O) groups is 2. The molecule has 6 heteroatoms. The highest BCUT2D eigenvalue weighted by Crippen LogP contribution is 2.17. The molecule has 0 aromatic carbocycles. The first-order chi connectivity index (χ1) is 9.19. The van der Waals surface area contributed by atoms with Crippen LogP contribution >= 0.6 is 0 Å². The number of likely N-dealkylation sites (N-methyl/N-ethyl adjacent to an activating group) is 1. The number of carbonyl (C=O) groups excluding carboxylic acids is 1. The molecule has 0 amide bonds. The topological polar surface area (TPSA) is 63.6 Å². The normalized spacial score (nSPS) is 12.7. The molecule has 5 nitrogen and oxygen atoms in total. The van der Waals surface area contributed by atoms with Gasteiger partial charge < -0.3 is 26.7 Å². The number of carboxylic acids is 1. The summed E-state index contributed by atoms with van der Waals surface area (Å²) >= 11 is 0. The lowest BCUT2D eigenvalue weighted by Crippen LogP contribution is -3.00. The molecule has 0 saturated carbocycles. The average Bonchev–Trinajstić information content (AvgIpc) is 2.25. The molecule has 0 aromatic rings. The zero-order valence-electron chi connectivity index (χ0n) is 13.9. The molecule has 1 atom stereocenters. The maximum atomic E-state index is 12.2. The number of nitrogens with zero attached hydrogens (tertiary/aromatic N) is 1. The van der Waals surface area contributed by atoms with Gasteiger partial charge in [-0.3, -0.25) is 9.59 Å². The molecular weight excluding hydrogens is 294 g/mol. The molecule has 0 aliphatic rings. The number of quaternary nitrogens is 1. The summed E-state index contributed by atoms with van der Waals surface area (Å²) in [7, 11) is 5.87. The van der Waals surface area contributed by atoms with E-state index in [4.69, 9.17) is 9.84 Å². The van der Waals surface area contributed by atoms with E-state index in [1.807, 2.05) is 35.0 Å². The highest BCUT2D eigenvalue weighted by molar-refractivity contribution is 5.73. The first-order valence-corrected chi connectivity index (χ1v) is 7.42. The molecule has 0 bridgehead atoms. The van der Waals surface area contributed by atoms with Crippen LogP contribution in [0.4, 0.5) is 0 Å². The number of rotatable bonds is 10. The van der Waals surface area contributed by atoms with Gasteiger partial charge in [-0.25, -0.2) is 0 Å². The van der Waals surface area contributed by atoms with Gasteiger partial charge in [0.25, 0.3) is 0 Å². The van der Waals surface area contributed by atoms with Crippen LogP contribution in [-0.2, 0) is 14.3 Å². The van der Waals surface area contributed by atoms with Gasteiger partial charge in [0.15, 0.2) is 6.10 Å². The van der Waals surface area contributed by atoms with Crippen LogP contribution in [0, 0.1) is 5.92 Å². The van der Waals surface area contributed by atoms with Gasteiger partial charge in [0.2, 0.25) is 0 Å². The largest absolute Gasteiger partial charge is 1.00 e. The van der Waals surface area contributed by atoms with Crippen molar-refractivity contribution in [2.24, 2.45) is 5.92 Å². The number of carboxylic acid groups (broad SMARTS) is 1. The quantitative estimate of drug-likeness (QED) is 0.426. The van der Waals surface area contributed by atoms with Crippen LogP contribution in [0.2, 0.25) is 0 Å². The molecule has 0 saturated heterocycles. The Hall–Kier alpha value is -0.810. The zero-order chi connectivity index (χ0) is 15.8. The van der Waals surface area contributed by atoms with Crippen molar-refractivity contribution in [3.8, 4) is 0 Å². The predicted octanol–water partition coefficient (Wildman–Crippen LogP) is -0.700. The monoisotopic (exact) mass is 323 g/mol. The van der Waals surface area contributed by atoms with Crippen molar-refractivity contribution >= 4 is 11.9 Å². The third-order valence-electron chi connectivity index (χ3n) is 3.04. The summed E-state index contributed by atoms with van der Waals surface area (Å²) in [5, 5.41) is 8.94. The maximum absolute atomic E-state index is 12.2. The lowest BCUT2D eigenvalue weighted by atomic mass is 9.98. The van der Waals surface area contributed by atoms with Crippen molar-refractivity contribution in [2.45, 2.75) is 52.1 Å². The minimum absolute atomic E-state index is 0. The fourth-order valence-electron chi connectivity index (χ4n) is 2.29. The van der Waals surface area contributed by atoms with Gasteiger partial charge in [-0.15, -0.1) is 0 Å². The van der Waals surface area contributed by atoms with Gasteiger partial charge in [0, 0.05) is 0 Å². The summed E-state index contributed by atoms with van der Waals surface area (Å²) < 4.78 is 6.04. The Morgan fingerprint density at radius 2 is 1.57 bits per heavy atom. The van der Waals surface area contributed by atoms with Crippen LogP contribution in [0.3, 0.4) is 0 Å². The average molecular weight is 324 g/mol. The van der Waals surface area contributed by atoms with Gasteiger partial charge in [0.05, 0.1) is 33.5 Å². The van der Waals surface area contributed by atoms with Crippen molar-refractivity contribution < 1.29 is 36.3 Å². The molecule has 0 rings (SSSR count). The fraction of sp³-hybridized carbons (Fsp3) is 0.867. The highest BCUT2D eigenvalue weighted by Gasteiger charge is 2.27. The Morgan fingerprint density at radius 1 is 1.10 bits per heavy atom. The molecular formula is C15H30ClNO4. The van der Waals surface area contributed by atoms with Crippen molar-refractivity contribution in [1.29, 1.82) is 0 Å². The lowest BCUT2D eigenvalue weighted by Gasteiger charge is -2.29. The maximum Gasteiger partial charge on any atom is 0.309 e. The Morgan fingerprint density at radius 3 is 1.90 bits per heavy atom. The SMILES string of the molecule is CCCC(CCC)C(=O)O[C@H](CC(=O)O)C[N+](C)(C)C.[Cl-]. The van der Waals surface area contributed by atoms with Crippen molar-refractivity contribution in [3.63, 3.8) is 0 Å². The second kappa shape index (κ2) is 10.9. The summed E-state index contributed by atoms with van der Waals surface area (Å²) in [5.74, 6) is -1.28. The zero-order valence-corrected chi connectivity index (χ0v) is 14.7. The highest BCUT2D eigenvalue weighted by atomic mass is 35.5.